The first-order valence-corrected chi connectivity index (χ1v) is 9.97. The third-order valence-corrected chi connectivity index (χ3v) is 6.59. The third kappa shape index (κ3) is 5.01. The van der Waals surface area contributed by atoms with Crippen LogP contribution in [0, 0.1) is 12.7 Å². The second-order valence-corrected chi connectivity index (χ2v) is 10.0. The molecule has 1 aromatic heterocycles. The molecule has 2 rings (SSSR count). The molecule has 0 aliphatic rings. The van der Waals surface area contributed by atoms with Gasteiger partial charge in [-0.3, -0.25) is 4.79 Å². The molecule has 136 valence electrons. The van der Waals surface area contributed by atoms with Gasteiger partial charge in [0.1, 0.15) is 10.0 Å². The van der Waals surface area contributed by atoms with Crippen LogP contribution in [0.3, 0.4) is 0 Å². The molecule has 1 heterocycles. The van der Waals surface area contributed by atoms with Crippen molar-refractivity contribution >= 4 is 44.6 Å². The van der Waals surface area contributed by atoms with Gasteiger partial charge in [0.15, 0.2) is 0 Å². The predicted octanol–water partition coefficient (Wildman–Crippen LogP) is 4.18. The summed E-state index contributed by atoms with van der Waals surface area (Å²) in [7, 11) is -3.72. The van der Waals surface area contributed by atoms with E-state index < -0.39 is 27.3 Å². The summed E-state index contributed by atoms with van der Waals surface area (Å²) in [5.41, 5.74) is -0.0803. The number of anilines is 1. The molecule has 0 unspecified atom stereocenters. The molecular formula is C16H18ClFN2O3S2. The van der Waals surface area contributed by atoms with Crippen LogP contribution in [-0.4, -0.2) is 19.9 Å². The zero-order valence-corrected chi connectivity index (χ0v) is 16.5. The summed E-state index contributed by atoms with van der Waals surface area (Å²) in [6.45, 7) is 6.86. The maximum absolute atomic E-state index is 13.2. The third-order valence-electron chi connectivity index (χ3n) is 3.02. The first kappa shape index (κ1) is 19.8. The van der Waals surface area contributed by atoms with Gasteiger partial charge in [0.25, 0.3) is 15.9 Å². The van der Waals surface area contributed by atoms with Crippen molar-refractivity contribution in [1.29, 1.82) is 0 Å². The van der Waals surface area contributed by atoms with Gasteiger partial charge >= 0.3 is 0 Å². The van der Waals surface area contributed by atoms with E-state index in [4.69, 9.17) is 11.6 Å². The van der Waals surface area contributed by atoms with E-state index in [-0.39, 0.29) is 14.8 Å². The topological polar surface area (TPSA) is 75.3 Å². The Morgan fingerprint density at radius 1 is 1.24 bits per heavy atom. The summed E-state index contributed by atoms with van der Waals surface area (Å²) >= 11 is 6.70. The van der Waals surface area contributed by atoms with E-state index in [1.165, 1.54) is 18.2 Å². The van der Waals surface area contributed by atoms with Crippen molar-refractivity contribution < 1.29 is 17.6 Å². The fourth-order valence-electron chi connectivity index (χ4n) is 2.04. The van der Waals surface area contributed by atoms with E-state index >= 15 is 0 Å². The normalized spacial score (nSPS) is 12.2. The van der Waals surface area contributed by atoms with Crippen LogP contribution in [0.15, 0.2) is 28.5 Å². The van der Waals surface area contributed by atoms with E-state index in [9.17, 15) is 17.6 Å². The Kier molecular flexibility index (Phi) is 5.58. The molecule has 0 spiro atoms. The number of amides is 1. The Balaban J connectivity index is 2.27. The number of hydrogen-bond acceptors (Lipinski definition) is 4. The number of hydrogen-bond donors (Lipinski definition) is 2. The van der Waals surface area contributed by atoms with Crippen LogP contribution in [0.5, 0.6) is 0 Å². The second kappa shape index (κ2) is 7.03. The van der Waals surface area contributed by atoms with Crippen molar-refractivity contribution in [3.63, 3.8) is 0 Å². The SMILES string of the molecule is Cc1sc(S(=O)(=O)NC(C)(C)C)cc1C(=O)Nc1ccc(F)c(Cl)c1. The highest BCUT2D eigenvalue weighted by Crippen LogP contribution is 2.28. The lowest BCUT2D eigenvalue weighted by Gasteiger charge is -2.19. The number of sulfonamides is 1. The monoisotopic (exact) mass is 404 g/mol. The molecule has 0 fully saturated rings. The molecule has 9 heteroatoms. The standard InChI is InChI=1S/C16H18ClFN2O3S2/c1-9-11(8-14(24-9)25(22,23)20-16(2,3)4)15(21)19-10-5-6-13(18)12(17)7-10/h5-8,20H,1-4H3,(H,19,21). The van der Waals surface area contributed by atoms with Crippen LogP contribution in [0.25, 0.3) is 0 Å². The van der Waals surface area contributed by atoms with Gasteiger partial charge in [-0.1, -0.05) is 11.6 Å². The molecule has 2 aromatic rings. The van der Waals surface area contributed by atoms with Crippen molar-refractivity contribution in [1.82, 2.24) is 4.72 Å². The van der Waals surface area contributed by atoms with Gasteiger partial charge in [0, 0.05) is 16.1 Å². The minimum Gasteiger partial charge on any atom is -0.322 e. The summed E-state index contributed by atoms with van der Waals surface area (Å²) < 4.78 is 40.6. The number of carbonyl (C=O) groups is 1. The maximum atomic E-state index is 13.2. The number of benzene rings is 1. The molecule has 25 heavy (non-hydrogen) atoms. The predicted molar refractivity (Wildman–Crippen MR) is 98.5 cm³/mol. The zero-order valence-electron chi connectivity index (χ0n) is 14.1. The maximum Gasteiger partial charge on any atom is 0.256 e. The number of nitrogens with one attached hydrogen (secondary N) is 2. The highest BCUT2D eigenvalue weighted by molar-refractivity contribution is 7.91. The number of thiophene rings is 1. The minimum absolute atomic E-state index is 0.0576. The van der Waals surface area contributed by atoms with Crippen LogP contribution < -0.4 is 10.0 Å². The van der Waals surface area contributed by atoms with Crippen LogP contribution in [0.1, 0.15) is 36.0 Å². The van der Waals surface area contributed by atoms with Crippen molar-refractivity contribution in [2.75, 3.05) is 5.32 Å². The van der Waals surface area contributed by atoms with Gasteiger partial charge in [0.2, 0.25) is 0 Å². The van der Waals surface area contributed by atoms with E-state index in [0.29, 0.717) is 10.6 Å². The molecule has 5 nitrogen and oxygen atoms in total. The number of aryl methyl sites for hydroxylation is 1. The summed E-state index contributed by atoms with van der Waals surface area (Å²) in [5, 5.41) is 2.47. The van der Waals surface area contributed by atoms with Crippen molar-refractivity contribution in [3.8, 4) is 0 Å². The molecular weight excluding hydrogens is 387 g/mol. The quantitative estimate of drug-likeness (QED) is 0.802. The molecule has 0 aliphatic heterocycles. The van der Waals surface area contributed by atoms with Gasteiger partial charge in [-0.15, -0.1) is 11.3 Å². The molecule has 1 aromatic carbocycles. The lowest BCUT2D eigenvalue weighted by atomic mass is 10.1. The van der Waals surface area contributed by atoms with Crippen LogP contribution >= 0.6 is 22.9 Å². The fraction of sp³-hybridized carbons (Fsp3) is 0.312. The van der Waals surface area contributed by atoms with Gasteiger partial charge in [-0.2, -0.15) is 0 Å². The lowest BCUT2D eigenvalue weighted by Crippen LogP contribution is -2.40. The fourth-order valence-corrected chi connectivity index (χ4v) is 5.08. The van der Waals surface area contributed by atoms with Crippen molar-refractivity contribution in [2.24, 2.45) is 0 Å². The Morgan fingerprint density at radius 3 is 2.44 bits per heavy atom. The molecule has 0 atom stereocenters. The molecule has 0 saturated heterocycles. The van der Waals surface area contributed by atoms with Gasteiger partial charge in [-0.05, 0) is 52.0 Å². The Morgan fingerprint density at radius 2 is 1.88 bits per heavy atom. The van der Waals surface area contributed by atoms with Gasteiger partial charge in [-0.25, -0.2) is 17.5 Å². The van der Waals surface area contributed by atoms with Crippen LogP contribution in [0.2, 0.25) is 5.02 Å². The summed E-state index contributed by atoms with van der Waals surface area (Å²) in [6, 6.07) is 5.13. The molecule has 0 radical (unpaired) electrons. The van der Waals surface area contributed by atoms with Crippen LogP contribution in [0.4, 0.5) is 10.1 Å². The number of carbonyl (C=O) groups excluding carboxylic acids is 1. The molecule has 0 aliphatic carbocycles. The Labute approximate surface area is 155 Å². The zero-order chi connectivity index (χ0) is 19.0. The molecule has 1 amide bonds. The summed E-state index contributed by atoms with van der Waals surface area (Å²) in [6.07, 6.45) is 0. The van der Waals surface area contributed by atoms with Gasteiger partial charge in [0.05, 0.1) is 10.6 Å². The Hall–Kier alpha value is -1.48. The molecule has 2 N–H and O–H groups in total. The average molecular weight is 405 g/mol. The minimum atomic E-state index is -3.72. The van der Waals surface area contributed by atoms with E-state index in [2.05, 4.69) is 10.0 Å². The van der Waals surface area contributed by atoms with Crippen LogP contribution in [-0.2, 0) is 10.0 Å². The molecule has 0 saturated carbocycles. The lowest BCUT2D eigenvalue weighted by molar-refractivity contribution is 0.102. The van der Waals surface area contributed by atoms with Gasteiger partial charge < -0.3 is 5.32 Å². The second-order valence-electron chi connectivity index (χ2n) is 6.47. The first-order valence-electron chi connectivity index (χ1n) is 7.30. The average Bonchev–Trinajstić information content (AvgIpc) is 2.83. The Bertz CT molecular complexity index is 918. The first-order chi connectivity index (χ1) is 11.4. The van der Waals surface area contributed by atoms with E-state index in [1.807, 2.05) is 0 Å². The van der Waals surface area contributed by atoms with Crippen molar-refractivity contribution in [3.05, 3.63) is 45.5 Å². The smallest absolute Gasteiger partial charge is 0.256 e. The number of halogens is 2. The summed E-state index contributed by atoms with van der Waals surface area (Å²) in [5.74, 6) is -1.08. The van der Waals surface area contributed by atoms with Crippen molar-refractivity contribution in [2.45, 2.75) is 37.4 Å². The van der Waals surface area contributed by atoms with E-state index in [1.54, 1.807) is 27.7 Å². The highest BCUT2D eigenvalue weighted by atomic mass is 35.5. The highest BCUT2D eigenvalue weighted by Gasteiger charge is 2.26. The largest absolute Gasteiger partial charge is 0.322 e. The number of rotatable bonds is 4. The molecule has 0 bridgehead atoms. The van der Waals surface area contributed by atoms with E-state index in [0.717, 1.165) is 17.4 Å². The summed E-state index contributed by atoms with van der Waals surface area (Å²) in [4.78, 5) is 13.0.